The maximum absolute atomic E-state index is 12.6. The summed E-state index contributed by atoms with van der Waals surface area (Å²) in [5.74, 6) is -0.0152. The van der Waals surface area contributed by atoms with Crippen molar-refractivity contribution in [2.75, 3.05) is 12.4 Å². The van der Waals surface area contributed by atoms with Crippen molar-refractivity contribution < 1.29 is 4.79 Å². The maximum Gasteiger partial charge on any atom is 0.253 e. The van der Waals surface area contributed by atoms with Crippen LogP contribution in [0.4, 0.5) is 5.69 Å². The quantitative estimate of drug-likeness (QED) is 0.714. The number of carbonyl (C=O) groups is 1. The van der Waals surface area contributed by atoms with Gasteiger partial charge in [0.15, 0.2) is 0 Å². The highest BCUT2D eigenvalue weighted by Crippen LogP contribution is 2.29. The first-order chi connectivity index (χ1) is 13.7. The molecule has 2 aromatic heterocycles. The average molecular weight is 376 g/mol. The van der Waals surface area contributed by atoms with Gasteiger partial charge >= 0.3 is 0 Å². The predicted molar refractivity (Wildman–Crippen MR) is 108 cm³/mol. The van der Waals surface area contributed by atoms with Crippen LogP contribution in [-0.2, 0) is 0 Å². The third-order valence-corrected chi connectivity index (χ3v) is 5.33. The Bertz CT molecular complexity index is 931. The summed E-state index contributed by atoms with van der Waals surface area (Å²) >= 11 is 0. The van der Waals surface area contributed by atoms with Crippen LogP contribution in [0, 0.1) is 0 Å². The van der Waals surface area contributed by atoms with Gasteiger partial charge in [0.05, 0.1) is 23.5 Å². The normalized spacial score (nSPS) is 19.2. The Morgan fingerprint density at radius 1 is 1.14 bits per heavy atom. The van der Waals surface area contributed by atoms with Crippen LogP contribution in [0.15, 0.2) is 55.2 Å². The van der Waals surface area contributed by atoms with E-state index in [1.165, 1.54) is 0 Å². The fourth-order valence-corrected chi connectivity index (χ4v) is 3.78. The molecule has 1 fully saturated rings. The number of benzene rings is 1. The molecule has 0 radical (unpaired) electrons. The van der Waals surface area contributed by atoms with E-state index in [2.05, 4.69) is 31.9 Å². The van der Waals surface area contributed by atoms with E-state index in [0.717, 1.165) is 42.6 Å². The van der Waals surface area contributed by atoms with Gasteiger partial charge < -0.3 is 10.6 Å². The van der Waals surface area contributed by atoms with E-state index in [-0.39, 0.29) is 11.9 Å². The molecular weight excluding hydrogens is 352 g/mol. The van der Waals surface area contributed by atoms with E-state index < -0.39 is 0 Å². The molecule has 0 aliphatic heterocycles. The highest BCUT2D eigenvalue weighted by atomic mass is 16.1. The lowest BCUT2D eigenvalue weighted by atomic mass is 9.91. The zero-order valence-electron chi connectivity index (χ0n) is 15.9. The smallest absolute Gasteiger partial charge is 0.253 e. The van der Waals surface area contributed by atoms with Gasteiger partial charge in [-0.1, -0.05) is 12.1 Å². The van der Waals surface area contributed by atoms with Crippen molar-refractivity contribution >= 4 is 11.6 Å². The molecule has 2 heterocycles. The minimum atomic E-state index is -0.0152. The first kappa shape index (κ1) is 18.2. The third-order valence-electron chi connectivity index (χ3n) is 5.33. The summed E-state index contributed by atoms with van der Waals surface area (Å²) in [6.07, 6.45) is 11.1. The lowest BCUT2D eigenvalue weighted by Gasteiger charge is -2.29. The number of nitrogens with zero attached hydrogens (tertiary/aromatic N) is 4. The van der Waals surface area contributed by atoms with Crippen LogP contribution in [-0.4, -0.2) is 38.7 Å². The summed E-state index contributed by atoms with van der Waals surface area (Å²) in [6, 6.07) is 10.0. The standard InChI is InChI=1S/C21H24N6O/c1-22-20-5-3-2-4-18(20)21(28)26-16-6-8-17(9-7-16)27-13-15(12-25-27)19-10-11-23-14-24-19/h2-5,10-14,16-17,22H,6-9H2,1H3,(H,26,28). The molecule has 7 heteroatoms. The Balaban J connectivity index is 1.35. The van der Waals surface area contributed by atoms with Gasteiger partial charge in [0.1, 0.15) is 6.33 Å². The van der Waals surface area contributed by atoms with Crippen LogP contribution >= 0.6 is 0 Å². The third kappa shape index (κ3) is 3.88. The summed E-state index contributed by atoms with van der Waals surface area (Å²) < 4.78 is 2.03. The maximum atomic E-state index is 12.6. The molecule has 0 atom stereocenters. The van der Waals surface area contributed by atoms with Crippen LogP contribution in [0.1, 0.15) is 42.1 Å². The van der Waals surface area contributed by atoms with Crippen molar-refractivity contribution in [3.8, 4) is 11.3 Å². The van der Waals surface area contributed by atoms with Gasteiger partial charge in [0.2, 0.25) is 0 Å². The number of hydrogen-bond donors (Lipinski definition) is 2. The molecule has 0 bridgehead atoms. The lowest BCUT2D eigenvalue weighted by molar-refractivity contribution is 0.0922. The first-order valence-electron chi connectivity index (χ1n) is 9.63. The van der Waals surface area contributed by atoms with Crippen LogP contribution in [0.25, 0.3) is 11.3 Å². The number of hydrogen-bond acceptors (Lipinski definition) is 5. The molecule has 1 amide bonds. The van der Waals surface area contributed by atoms with Crippen LogP contribution in [0.5, 0.6) is 0 Å². The molecule has 1 aliphatic rings. The van der Waals surface area contributed by atoms with Gasteiger partial charge in [0, 0.05) is 36.7 Å². The molecule has 144 valence electrons. The van der Waals surface area contributed by atoms with Gasteiger partial charge in [-0.25, -0.2) is 9.97 Å². The minimum Gasteiger partial charge on any atom is -0.387 e. The van der Waals surface area contributed by atoms with Crippen molar-refractivity contribution in [2.45, 2.75) is 37.8 Å². The Morgan fingerprint density at radius 2 is 1.96 bits per heavy atom. The zero-order valence-corrected chi connectivity index (χ0v) is 15.9. The van der Waals surface area contributed by atoms with Crippen LogP contribution in [0.3, 0.4) is 0 Å². The van der Waals surface area contributed by atoms with Crippen molar-refractivity contribution in [3.63, 3.8) is 0 Å². The molecule has 0 saturated heterocycles. The van der Waals surface area contributed by atoms with Gasteiger partial charge in [-0.2, -0.15) is 5.10 Å². The lowest BCUT2D eigenvalue weighted by Crippen LogP contribution is -2.38. The molecule has 3 aromatic rings. The summed E-state index contributed by atoms with van der Waals surface area (Å²) in [5.41, 5.74) is 3.42. The summed E-state index contributed by atoms with van der Waals surface area (Å²) in [5, 5.41) is 10.8. The Labute approximate surface area is 164 Å². The fourth-order valence-electron chi connectivity index (χ4n) is 3.78. The average Bonchev–Trinajstić information content (AvgIpc) is 3.25. The van der Waals surface area contributed by atoms with Crippen molar-refractivity contribution in [3.05, 3.63) is 60.8 Å². The number of carbonyl (C=O) groups excluding carboxylic acids is 1. The zero-order chi connectivity index (χ0) is 19.3. The van der Waals surface area contributed by atoms with Gasteiger partial charge in [-0.15, -0.1) is 0 Å². The second-order valence-electron chi connectivity index (χ2n) is 7.08. The molecule has 28 heavy (non-hydrogen) atoms. The monoisotopic (exact) mass is 376 g/mol. The van der Waals surface area contributed by atoms with Crippen LogP contribution in [0.2, 0.25) is 0 Å². The second-order valence-corrected chi connectivity index (χ2v) is 7.08. The highest BCUT2D eigenvalue weighted by Gasteiger charge is 2.25. The van der Waals surface area contributed by atoms with E-state index in [4.69, 9.17) is 0 Å². The Kier molecular flexibility index (Phi) is 5.32. The number of nitrogens with one attached hydrogen (secondary N) is 2. The number of anilines is 1. The number of amides is 1. The van der Waals surface area contributed by atoms with Crippen molar-refractivity contribution in [1.29, 1.82) is 0 Å². The van der Waals surface area contributed by atoms with E-state index in [1.807, 2.05) is 48.3 Å². The minimum absolute atomic E-state index is 0.0152. The molecule has 1 saturated carbocycles. The molecule has 1 aliphatic carbocycles. The summed E-state index contributed by atoms with van der Waals surface area (Å²) in [6.45, 7) is 0. The van der Waals surface area contributed by atoms with Crippen LogP contribution < -0.4 is 10.6 Å². The van der Waals surface area contributed by atoms with Gasteiger partial charge in [0.25, 0.3) is 5.91 Å². The molecule has 7 nitrogen and oxygen atoms in total. The number of rotatable bonds is 5. The SMILES string of the molecule is CNc1ccccc1C(=O)NC1CCC(n2cc(-c3ccncn3)cn2)CC1. The molecular formula is C21H24N6O. The molecule has 0 unspecified atom stereocenters. The van der Waals surface area contributed by atoms with Crippen molar-refractivity contribution in [2.24, 2.45) is 0 Å². The highest BCUT2D eigenvalue weighted by molar-refractivity contribution is 5.99. The van der Waals surface area contributed by atoms with Gasteiger partial charge in [-0.3, -0.25) is 9.48 Å². The number of para-hydroxylation sites is 1. The first-order valence-corrected chi connectivity index (χ1v) is 9.63. The second kappa shape index (κ2) is 8.21. The molecule has 0 spiro atoms. The largest absolute Gasteiger partial charge is 0.387 e. The van der Waals surface area contributed by atoms with Gasteiger partial charge in [-0.05, 0) is 43.9 Å². The number of aromatic nitrogens is 4. The van der Waals surface area contributed by atoms with E-state index in [9.17, 15) is 4.79 Å². The molecule has 2 N–H and O–H groups in total. The van der Waals surface area contributed by atoms with Crippen molar-refractivity contribution in [1.82, 2.24) is 25.1 Å². The van der Waals surface area contributed by atoms with E-state index >= 15 is 0 Å². The Morgan fingerprint density at radius 3 is 2.71 bits per heavy atom. The fraction of sp³-hybridized carbons (Fsp3) is 0.333. The predicted octanol–water partition coefficient (Wildman–Crippen LogP) is 3.30. The molecule has 1 aromatic carbocycles. The molecule has 4 rings (SSSR count). The van der Waals surface area contributed by atoms with E-state index in [1.54, 1.807) is 12.5 Å². The summed E-state index contributed by atoms with van der Waals surface area (Å²) in [7, 11) is 1.83. The van der Waals surface area contributed by atoms with E-state index in [0.29, 0.717) is 11.6 Å². The summed E-state index contributed by atoms with van der Waals surface area (Å²) in [4.78, 5) is 20.9. The topological polar surface area (TPSA) is 84.7 Å². The Hall–Kier alpha value is -3.22.